The summed E-state index contributed by atoms with van der Waals surface area (Å²) in [4.78, 5) is 0. The largest absolute Gasteiger partial charge is 0.493 e. The van der Waals surface area contributed by atoms with E-state index in [-0.39, 0.29) is 0 Å². The molecule has 0 aliphatic rings. The highest BCUT2D eigenvalue weighted by atomic mass is 35.7. The third-order valence-electron chi connectivity index (χ3n) is 4.01. The SMILES string of the molecule is COc1cc2cc(C)[n+](-c3ccccc3)c(C)c2cc1OC.[O-][Cl+3]([O-])([O-])[O-]. The van der Waals surface area contributed by atoms with Crippen molar-refractivity contribution >= 4 is 10.8 Å². The van der Waals surface area contributed by atoms with Crippen LogP contribution in [0.3, 0.4) is 0 Å². The lowest BCUT2D eigenvalue weighted by Crippen LogP contribution is -2.68. The van der Waals surface area contributed by atoms with Gasteiger partial charge >= 0.3 is 0 Å². The van der Waals surface area contributed by atoms with Crippen LogP contribution in [0.2, 0.25) is 0 Å². The van der Waals surface area contributed by atoms with Crippen molar-refractivity contribution < 1.29 is 42.9 Å². The zero-order valence-corrected chi connectivity index (χ0v) is 16.1. The molecule has 3 rings (SSSR count). The number of methoxy groups -OCH3 is 2. The first-order valence-electron chi connectivity index (χ1n) is 7.91. The van der Waals surface area contributed by atoms with E-state index in [9.17, 15) is 0 Å². The number of pyridine rings is 1. The van der Waals surface area contributed by atoms with Crippen LogP contribution in [-0.4, -0.2) is 14.2 Å². The molecule has 1 heterocycles. The molecule has 0 fully saturated rings. The van der Waals surface area contributed by atoms with Gasteiger partial charge in [0, 0.05) is 32.0 Å². The highest BCUT2D eigenvalue weighted by Gasteiger charge is 2.19. The second-order valence-electron chi connectivity index (χ2n) is 5.71. The molecule has 0 saturated carbocycles. The first kappa shape index (κ1) is 20.9. The number of hydrogen-bond acceptors (Lipinski definition) is 6. The minimum absolute atomic E-state index is 0.751. The van der Waals surface area contributed by atoms with Crippen molar-refractivity contribution in [1.82, 2.24) is 0 Å². The average Bonchev–Trinajstić information content (AvgIpc) is 2.60. The van der Waals surface area contributed by atoms with Gasteiger partial charge in [0.15, 0.2) is 22.9 Å². The van der Waals surface area contributed by atoms with E-state index >= 15 is 0 Å². The number of nitrogens with zero attached hydrogens (tertiary/aromatic N) is 1. The fourth-order valence-electron chi connectivity index (χ4n) is 2.98. The van der Waals surface area contributed by atoms with Gasteiger partial charge < -0.3 is 9.47 Å². The van der Waals surface area contributed by atoms with Gasteiger partial charge in [-0.15, -0.1) is 10.2 Å². The molecule has 2 aromatic carbocycles. The quantitative estimate of drug-likeness (QED) is 0.527. The van der Waals surface area contributed by atoms with Crippen LogP contribution in [0.4, 0.5) is 0 Å². The molecule has 0 spiro atoms. The lowest BCUT2D eigenvalue weighted by molar-refractivity contribution is -2.00. The van der Waals surface area contributed by atoms with E-state index in [4.69, 9.17) is 28.1 Å². The second-order valence-corrected chi connectivity index (χ2v) is 6.47. The Labute approximate surface area is 159 Å². The van der Waals surface area contributed by atoms with Crippen molar-refractivity contribution in [1.29, 1.82) is 0 Å². The van der Waals surface area contributed by atoms with E-state index < -0.39 is 10.2 Å². The van der Waals surface area contributed by atoms with Crippen LogP contribution in [0.1, 0.15) is 11.4 Å². The molecule has 27 heavy (non-hydrogen) atoms. The first-order valence-corrected chi connectivity index (χ1v) is 9.14. The van der Waals surface area contributed by atoms with Crippen molar-refractivity contribution in [2.45, 2.75) is 13.8 Å². The monoisotopic (exact) mass is 393 g/mol. The number of benzene rings is 2. The van der Waals surface area contributed by atoms with Crippen LogP contribution in [-0.2, 0) is 0 Å². The maximum atomic E-state index is 8.49. The summed E-state index contributed by atoms with van der Waals surface area (Å²) >= 11 is 0. The summed E-state index contributed by atoms with van der Waals surface area (Å²) in [6, 6.07) is 16.6. The molecule has 0 bridgehead atoms. The zero-order chi connectivity index (χ0) is 20.2. The van der Waals surface area contributed by atoms with Crippen molar-refractivity contribution in [2.75, 3.05) is 14.2 Å². The Balaban J connectivity index is 0.000000465. The average molecular weight is 394 g/mol. The number of aromatic nitrogens is 1. The topological polar surface area (TPSA) is 115 Å². The number of rotatable bonds is 3. The van der Waals surface area contributed by atoms with Gasteiger partial charge in [-0.25, -0.2) is 18.6 Å². The summed E-state index contributed by atoms with van der Waals surface area (Å²) in [5.41, 5.74) is 3.53. The summed E-state index contributed by atoms with van der Waals surface area (Å²) in [5, 5.41) is 2.31. The van der Waals surface area contributed by atoms with E-state index in [1.165, 1.54) is 11.4 Å². The lowest BCUT2D eigenvalue weighted by atomic mass is 10.1. The van der Waals surface area contributed by atoms with Crippen LogP contribution in [0.15, 0.2) is 48.5 Å². The van der Waals surface area contributed by atoms with Gasteiger partial charge in [-0.05, 0) is 17.5 Å². The van der Waals surface area contributed by atoms with Gasteiger partial charge in [0.25, 0.3) is 0 Å². The highest BCUT2D eigenvalue weighted by Crippen LogP contribution is 2.33. The second kappa shape index (κ2) is 8.51. The summed E-state index contributed by atoms with van der Waals surface area (Å²) in [5.74, 6) is 1.51. The minimum Gasteiger partial charge on any atom is -0.493 e. The lowest BCUT2D eigenvalue weighted by Gasteiger charge is -2.17. The van der Waals surface area contributed by atoms with Gasteiger partial charge in [-0.3, -0.25) is 0 Å². The number of hydrogen-bond donors (Lipinski definition) is 0. The van der Waals surface area contributed by atoms with E-state index in [2.05, 4.69) is 48.7 Å². The Morgan fingerprint density at radius 2 is 1.33 bits per heavy atom. The third kappa shape index (κ3) is 5.29. The zero-order valence-electron chi connectivity index (χ0n) is 15.4. The first-order chi connectivity index (χ1) is 12.7. The van der Waals surface area contributed by atoms with Crippen LogP contribution in [0.5, 0.6) is 11.5 Å². The standard InChI is InChI=1S/C19H20NO2.ClHO4/c1-13-10-15-11-18(21-3)19(22-4)12-17(15)14(2)20(13)16-8-6-5-7-9-16;2-1(3,4)5/h5-12H,1-4H3;(H,2,3,4,5)/q+1;/p-1. The van der Waals surface area contributed by atoms with E-state index in [1.807, 2.05) is 18.2 Å². The Hall–Kier alpha value is -2.42. The maximum Gasteiger partial charge on any atom is 0.211 e. The number of aryl methyl sites for hydroxylation is 2. The smallest absolute Gasteiger partial charge is 0.211 e. The molecule has 7 nitrogen and oxygen atoms in total. The predicted molar refractivity (Wildman–Crippen MR) is 88.1 cm³/mol. The molecule has 0 radical (unpaired) electrons. The van der Waals surface area contributed by atoms with Crippen LogP contribution in [0.25, 0.3) is 16.5 Å². The molecule has 0 atom stereocenters. The van der Waals surface area contributed by atoms with Crippen LogP contribution < -0.4 is 32.7 Å². The van der Waals surface area contributed by atoms with Gasteiger partial charge in [0.1, 0.15) is 0 Å². The molecule has 0 amide bonds. The molecule has 0 aliphatic heterocycles. The number of para-hydroxylation sites is 1. The normalized spacial score (nSPS) is 11.0. The molecular weight excluding hydrogens is 374 g/mol. The van der Waals surface area contributed by atoms with Crippen LogP contribution >= 0.6 is 0 Å². The molecule has 1 aromatic heterocycles. The van der Waals surface area contributed by atoms with Crippen LogP contribution in [0, 0.1) is 24.1 Å². The highest BCUT2D eigenvalue weighted by molar-refractivity contribution is 5.87. The molecule has 0 saturated heterocycles. The molecule has 0 unspecified atom stereocenters. The van der Waals surface area contributed by atoms with E-state index in [0.717, 1.165) is 28.0 Å². The predicted octanol–water partition coefficient (Wildman–Crippen LogP) is -1.01. The minimum atomic E-state index is -4.94. The van der Waals surface area contributed by atoms with Crippen molar-refractivity contribution in [3.8, 4) is 17.2 Å². The molecule has 144 valence electrons. The van der Waals surface area contributed by atoms with Gasteiger partial charge in [-0.1, -0.05) is 18.2 Å². The summed E-state index contributed by atoms with van der Waals surface area (Å²) in [6.07, 6.45) is 0. The Morgan fingerprint density at radius 3 is 1.85 bits per heavy atom. The van der Waals surface area contributed by atoms with Crippen molar-refractivity contribution in [3.63, 3.8) is 0 Å². The molecule has 3 aromatic rings. The van der Waals surface area contributed by atoms with Gasteiger partial charge in [0.2, 0.25) is 5.69 Å². The summed E-state index contributed by atoms with van der Waals surface area (Å²) < 4.78 is 47.1. The van der Waals surface area contributed by atoms with Crippen molar-refractivity contribution in [3.05, 3.63) is 59.9 Å². The fourth-order valence-corrected chi connectivity index (χ4v) is 2.98. The fraction of sp³-hybridized carbons (Fsp3) is 0.211. The third-order valence-corrected chi connectivity index (χ3v) is 4.01. The summed E-state index contributed by atoms with van der Waals surface area (Å²) in [6.45, 7) is 4.25. The molecule has 0 aliphatic carbocycles. The van der Waals surface area contributed by atoms with E-state index in [1.54, 1.807) is 14.2 Å². The molecule has 8 heteroatoms. The maximum absolute atomic E-state index is 8.49. The molecule has 0 N–H and O–H groups in total. The summed E-state index contributed by atoms with van der Waals surface area (Å²) in [7, 11) is -1.62. The van der Waals surface area contributed by atoms with Gasteiger partial charge in [0.05, 0.1) is 19.6 Å². The van der Waals surface area contributed by atoms with Gasteiger partial charge in [-0.2, -0.15) is 4.57 Å². The van der Waals surface area contributed by atoms with Crippen molar-refractivity contribution in [2.24, 2.45) is 0 Å². The number of halogens is 1. The number of ether oxygens (including phenoxy) is 2. The Bertz CT molecular complexity index is 919. The number of fused-ring (bicyclic) bond motifs is 1. The Morgan fingerprint density at radius 1 is 0.815 bits per heavy atom. The Kier molecular flexibility index (Phi) is 6.59. The molecular formula is C19H20ClNO6. The van der Waals surface area contributed by atoms with E-state index in [0.29, 0.717) is 0 Å².